The van der Waals surface area contributed by atoms with Crippen LogP contribution in [0.2, 0.25) is 0 Å². The average molecular weight is 277 g/mol. The number of nitrogens with zero attached hydrogens (tertiary/aromatic N) is 1. The van der Waals surface area contributed by atoms with Crippen LogP contribution in [-0.4, -0.2) is 36.2 Å². The molecule has 3 heteroatoms. The molecular weight excluding hydrogens is 250 g/mol. The average Bonchev–Trinajstić information content (AvgIpc) is 3.21. The van der Waals surface area contributed by atoms with Gasteiger partial charge in [-0.1, -0.05) is 11.6 Å². The Labute approximate surface area is 122 Å². The molecule has 0 amide bonds. The lowest BCUT2D eigenvalue weighted by Gasteiger charge is -2.29. The summed E-state index contributed by atoms with van der Waals surface area (Å²) in [6, 6.07) is 6.44. The van der Waals surface area contributed by atoms with Crippen molar-refractivity contribution in [3.63, 3.8) is 0 Å². The molecule has 1 fully saturated rings. The molecule has 0 radical (unpaired) electrons. The summed E-state index contributed by atoms with van der Waals surface area (Å²) < 4.78 is 5.38. The van der Waals surface area contributed by atoms with Crippen molar-refractivity contribution in [1.29, 1.82) is 0 Å². The summed E-state index contributed by atoms with van der Waals surface area (Å²) in [5, 5.41) is 10.6. The van der Waals surface area contributed by atoms with E-state index < -0.39 is 6.10 Å². The van der Waals surface area contributed by atoms with E-state index in [-0.39, 0.29) is 0 Å². The molecule has 0 heterocycles. The van der Waals surface area contributed by atoms with Crippen LogP contribution < -0.4 is 4.74 Å². The molecule has 112 valence electrons. The third-order valence-corrected chi connectivity index (χ3v) is 4.07. The Morgan fingerprint density at radius 2 is 2.05 bits per heavy atom. The van der Waals surface area contributed by atoms with Gasteiger partial charge in [-0.3, -0.25) is 4.90 Å². The molecule has 1 unspecified atom stereocenters. The van der Waals surface area contributed by atoms with Crippen molar-refractivity contribution in [2.24, 2.45) is 5.92 Å². The van der Waals surface area contributed by atoms with Gasteiger partial charge < -0.3 is 9.84 Å². The van der Waals surface area contributed by atoms with E-state index in [1.165, 1.54) is 12.8 Å². The summed E-state index contributed by atoms with van der Waals surface area (Å²) in [4.78, 5) is 2.38. The van der Waals surface area contributed by atoms with Crippen LogP contribution in [0.5, 0.6) is 5.75 Å². The minimum atomic E-state index is -0.494. The first-order valence-electron chi connectivity index (χ1n) is 7.58. The van der Waals surface area contributed by atoms with Crippen molar-refractivity contribution in [1.82, 2.24) is 4.90 Å². The molecule has 0 aliphatic heterocycles. The highest BCUT2D eigenvalue weighted by molar-refractivity contribution is 5.38. The number of benzene rings is 1. The van der Waals surface area contributed by atoms with Crippen LogP contribution in [0.25, 0.3) is 0 Å². The summed E-state index contributed by atoms with van der Waals surface area (Å²) >= 11 is 0. The lowest BCUT2D eigenvalue weighted by Crippen LogP contribution is -2.36. The molecule has 3 nitrogen and oxygen atoms in total. The standard InChI is InChI=1S/C17H27NO2/c1-12(2)18(10-14-6-7-14)11-16(19)15-9-13(3)5-8-17(15)20-4/h5,8-9,12,14,16,19H,6-7,10-11H2,1-4H3. The minimum absolute atomic E-state index is 0.459. The normalized spacial score (nSPS) is 16.8. The van der Waals surface area contributed by atoms with E-state index in [1.54, 1.807) is 7.11 Å². The summed E-state index contributed by atoms with van der Waals surface area (Å²) in [6.45, 7) is 8.21. The minimum Gasteiger partial charge on any atom is -0.496 e. The molecule has 1 aliphatic carbocycles. The van der Waals surface area contributed by atoms with Gasteiger partial charge in [-0.05, 0) is 51.7 Å². The molecule has 1 aliphatic rings. The van der Waals surface area contributed by atoms with Crippen LogP contribution >= 0.6 is 0 Å². The van der Waals surface area contributed by atoms with Gasteiger partial charge in [0.25, 0.3) is 0 Å². The SMILES string of the molecule is COc1ccc(C)cc1C(O)CN(CC1CC1)C(C)C. The fourth-order valence-corrected chi connectivity index (χ4v) is 2.56. The Bertz CT molecular complexity index is 441. The van der Waals surface area contributed by atoms with E-state index in [1.807, 2.05) is 25.1 Å². The molecule has 0 saturated heterocycles. The van der Waals surface area contributed by atoms with Gasteiger partial charge in [-0.25, -0.2) is 0 Å². The second-order valence-electron chi connectivity index (χ2n) is 6.25. The monoisotopic (exact) mass is 277 g/mol. The number of aliphatic hydroxyl groups excluding tert-OH is 1. The number of hydrogen-bond acceptors (Lipinski definition) is 3. The van der Waals surface area contributed by atoms with Crippen molar-refractivity contribution >= 4 is 0 Å². The maximum absolute atomic E-state index is 10.6. The number of methoxy groups -OCH3 is 1. The quantitative estimate of drug-likeness (QED) is 0.831. The van der Waals surface area contributed by atoms with Gasteiger partial charge in [0.05, 0.1) is 13.2 Å². The van der Waals surface area contributed by atoms with Gasteiger partial charge in [0, 0.05) is 24.7 Å². The zero-order valence-electron chi connectivity index (χ0n) is 13.1. The maximum Gasteiger partial charge on any atom is 0.124 e. The Balaban J connectivity index is 2.08. The largest absolute Gasteiger partial charge is 0.496 e. The molecule has 0 aromatic heterocycles. The predicted molar refractivity (Wildman–Crippen MR) is 82.1 cm³/mol. The molecule has 0 spiro atoms. The zero-order valence-corrected chi connectivity index (χ0v) is 13.1. The number of ether oxygens (including phenoxy) is 1. The van der Waals surface area contributed by atoms with Crippen LogP contribution in [0, 0.1) is 12.8 Å². The first-order valence-corrected chi connectivity index (χ1v) is 7.58. The van der Waals surface area contributed by atoms with Crippen molar-refractivity contribution in [2.45, 2.75) is 45.8 Å². The third kappa shape index (κ3) is 3.97. The first kappa shape index (κ1) is 15.3. The number of aliphatic hydroxyl groups is 1. The summed E-state index contributed by atoms with van der Waals surface area (Å²) in [5.41, 5.74) is 2.05. The Morgan fingerprint density at radius 3 is 2.60 bits per heavy atom. The van der Waals surface area contributed by atoms with Crippen LogP contribution in [0.3, 0.4) is 0 Å². The molecule has 2 rings (SSSR count). The molecule has 1 N–H and O–H groups in total. The van der Waals surface area contributed by atoms with Crippen LogP contribution in [0.4, 0.5) is 0 Å². The van der Waals surface area contributed by atoms with E-state index in [0.29, 0.717) is 12.6 Å². The van der Waals surface area contributed by atoms with Crippen molar-refractivity contribution in [3.05, 3.63) is 29.3 Å². The van der Waals surface area contributed by atoms with Gasteiger partial charge in [-0.2, -0.15) is 0 Å². The Kier molecular flexibility index (Phi) is 5.06. The van der Waals surface area contributed by atoms with Crippen LogP contribution in [-0.2, 0) is 0 Å². The van der Waals surface area contributed by atoms with Crippen molar-refractivity contribution < 1.29 is 9.84 Å². The molecule has 1 aromatic rings. The highest BCUT2D eigenvalue weighted by Crippen LogP contribution is 2.32. The number of aryl methyl sites for hydroxylation is 1. The second-order valence-corrected chi connectivity index (χ2v) is 6.25. The Morgan fingerprint density at radius 1 is 1.35 bits per heavy atom. The summed E-state index contributed by atoms with van der Waals surface area (Å²) in [6.07, 6.45) is 2.19. The predicted octanol–water partition coefficient (Wildman–Crippen LogP) is 3.16. The van der Waals surface area contributed by atoms with Gasteiger partial charge in [0.1, 0.15) is 5.75 Å². The fraction of sp³-hybridized carbons (Fsp3) is 0.647. The number of hydrogen-bond donors (Lipinski definition) is 1. The highest BCUT2D eigenvalue weighted by Gasteiger charge is 2.27. The summed E-state index contributed by atoms with van der Waals surface area (Å²) in [7, 11) is 1.66. The molecule has 0 bridgehead atoms. The molecule has 1 saturated carbocycles. The zero-order chi connectivity index (χ0) is 14.7. The van der Waals surface area contributed by atoms with Gasteiger partial charge in [0.2, 0.25) is 0 Å². The third-order valence-electron chi connectivity index (χ3n) is 4.07. The fourth-order valence-electron chi connectivity index (χ4n) is 2.56. The lowest BCUT2D eigenvalue weighted by atomic mass is 10.0. The van der Waals surface area contributed by atoms with E-state index in [0.717, 1.165) is 29.3 Å². The van der Waals surface area contributed by atoms with Gasteiger partial charge >= 0.3 is 0 Å². The van der Waals surface area contributed by atoms with E-state index in [9.17, 15) is 5.11 Å². The first-order chi connectivity index (χ1) is 9.51. The molecular formula is C17H27NO2. The van der Waals surface area contributed by atoms with Gasteiger partial charge in [0.15, 0.2) is 0 Å². The van der Waals surface area contributed by atoms with E-state index in [4.69, 9.17) is 4.74 Å². The topological polar surface area (TPSA) is 32.7 Å². The maximum atomic E-state index is 10.6. The second kappa shape index (κ2) is 6.59. The lowest BCUT2D eigenvalue weighted by molar-refractivity contribution is 0.0904. The highest BCUT2D eigenvalue weighted by atomic mass is 16.5. The molecule has 20 heavy (non-hydrogen) atoms. The van der Waals surface area contributed by atoms with E-state index in [2.05, 4.69) is 18.7 Å². The van der Waals surface area contributed by atoms with E-state index >= 15 is 0 Å². The van der Waals surface area contributed by atoms with Gasteiger partial charge in [-0.15, -0.1) is 0 Å². The summed E-state index contributed by atoms with van der Waals surface area (Å²) in [5.74, 6) is 1.61. The smallest absolute Gasteiger partial charge is 0.124 e. The van der Waals surface area contributed by atoms with Crippen LogP contribution in [0.15, 0.2) is 18.2 Å². The van der Waals surface area contributed by atoms with Crippen molar-refractivity contribution in [3.8, 4) is 5.75 Å². The molecule has 1 atom stereocenters. The van der Waals surface area contributed by atoms with Crippen molar-refractivity contribution in [2.75, 3.05) is 20.2 Å². The number of rotatable bonds is 7. The molecule has 1 aromatic carbocycles. The Hall–Kier alpha value is -1.06. The van der Waals surface area contributed by atoms with Crippen LogP contribution in [0.1, 0.15) is 43.9 Å².